The average molecular weight is 254 g/mol. The first kappa shape index (κ1) is 13.1. The predicted molar refractivity (Wildman–Crippen MR) is 70.5 cm³/mol. The van der Waals surface area contributed by atoms with E-state index >= 15 is 0 Å². The van der Waals surface area contributed by atoms with E-state index in [1.165, 1.54) is 6.07 Å². The molecule has 0 spiro atoms. The zero-order valence-electron chi connectivity index (χ0n) is 10.9. The highest BCUT2D eigenvalue weighted by Crippen LogP contribution is 2.32. The van der Waals surface area contributed by atoms with Crippen LogP contribution < -0.4 is 10.6 Å². The van der Waals surface area contributed by atoms with Crippen LogP contribution in [-0.4, -0.2) is 13.1 Å². The van der Waals surface area contributed by atoms with E-state index in [-0.39, 0.29) is 5.69 Å². The lowest BCUT2D eigenvalue weighted by molar-refractivity contribution is 0.311. The number of nitrogens with two attached hydrogens (primary N) is 1. The van der Waals surface area contributed by atoms with E-state index in [1.54, 1.807) is 0 Å². The molecule has 0 aromatic heterocycles. The third-order valence-electron chi connectivity index (χ3n) is 3.90. The van der Waals surface area contributed by atoms with Crippen molar-refractivity contribution in [2.24, 2.45) is 11.8 Å². The fraction of sp³-hybridized carbons (Fsp3) is 0.571. The van der Waals surface area contributed by atoms with Gasteiger partial charge in [-0.25, -0.2) is 8.78 Å². The summed E-state index contributed by atoms with van der Waals surface area (Å²) in [6, 6.07) is 2.16. The van der Waals surface area contributed by atoms with Gasteiger partial charge in [0.15, 0.2) is 5.82 Å². The number of piperidine rings is 1. The molecule has 1 aromatic rings. The number of hydrogen-bond acceptors (Lipinski definition) is 2. The first-order valence-corrected chi connectivity index (χ1v) is 6.48. The summed E-state index contributed by atoms with van der Waals surface area (Å²) in [6.07, 6.45) is 2.10. The highest BCUT2D eigenvalue weighted by atomic mass is 19.1. The second kappa shape index (κ2) is 5.12. The second-order valence-electron chi connectivity index (χ2n) is 5.39. The zero-order chi connectivity index (χ0) is 13.3. The molecule has 1 saturated heterocycles. The lowest BCUT2D eigenvalue weighted by atomic mass is 9.86. The first-order valence-electron chi connectivity index (χ1n) is 6.48. The summed E-state index contributed by atoms with van der Waals surface area (Å²) in [5.74, 6) is 0.119. The predicted octanol–water partition coefficient (Wildman–Crippen LogP) is 3.42. The molecule has 0 atom stereocenters. The fourth-order valence-corrected chi connectivity index (χ4v) is 2.64. The molecular weight excluding hydrogens is 234 g/mol. The van der Waals surface area contributed by atoms with Crippen molar-refractivity contribution in [2.75, 3.05) is 23.7 Å². The van der Waals surface area contributed by atoms with E-state index in [1.807, 2.05) is 4.90 Å². The number of halogens is 2. The summed E-state index contributed by atoms with van der Waals surface area (Å²) in [5, 5.41) is 0. The third kappa shape index (κ3) is 2.57. The molecule has 1 aliphatic heterocycles. The number of rotatable bonds is 2. The number of benzene rings is 1. The van der Waals surface area contributed by atoms with Gasteiger partial charge in [0.2, 0.25) is 0 Å². The van der Waals surface area contributed by atoms with Crippen molar-refractivity contribution in [3.63, 3.8) is 0 Å². The van der Waals surface area contributed by atoms with Crippen LogP contribution in [0.15, 0.2) is 12.1 Å². The standard InChI is InChI=1S/C14H20F2N2/c1-9(2)10-3-5-18(6-4-10)13-8-11(15)7-12(16)14(13)17/h7-10H,3-6,17H2,1-2H3. The summed E-state index contributed by atoms with van der Waals surface area (Å²) in [4.78, 5) is 1.99. The van der Waals surface area contributed by atoms with Crippen LogP contribution in [0.5, 0.6) is 0 Å². The largest absolute Gasteiger partial charge is 0.395 e. The Morgan fingerprint density at radius 2 is 1.83 bits per heavy atom. The lowest BCUT2D eigenvalue weighted by Gasteiger charge is -2.35. The van der Waals surface area contributed by atoms with Gasteiger partial charge in [-0.3, -0.25) is 0 Å². The van der Waals surface area contributed by atoms with Gasteiger partial charge >= 0.3 is 0 Å². The SMILES string of the molecule is CC(C)C1CCN(c2cc(F)cc(F)c2N)CC1. The Hall–Kier alpha value is -1.32. The minimum Gasteiger partial charge on any atom is -0.395 e. The first-order chi connectivity index (χ1) is 8.49. The summed E-state index contributed by atoms with van der Waals surface area (Å²) >= 11 is 0. The molecular formula is C14H20F2N2. The topological polar surface area (TPSA) is 29.3 Å². The van der Waals surface area contributed by atoms with Crippen LogP contribution in [0, 0.1) is 23.5 Å². The van der Waals surface area contributed by atoms with Gasteiger partial charge < -0.3 is 10.6 Å². The normalized spacial score (nSPS) is 17.5. The van der Waals surface area contributed by atoms with E-state index in [9.17, 15) is 8.78 Å². The fourth-order valence-electron chi connectivity index (χ4n) is 2.64. The third-order valence-corrected chi connectivity index (χ3v) is 3.90. The van der Waals surface area contributed by atoms with Crippen LogP contribution >= 0.6 is 0 Å². The van der Waals surface area contributed by atoms with Crippen molar-refractivity contribution in [3.8, 4) is 0 Å². The molecule has 2 rings (SSSR count). The molecule has 100 valence electrons. The molecule has 0 saturated carbocycles. The van der Waals surface area contributed by atoms with Crippen molar-refractivity contribution < 1.29 is 8.78 Å². The summed E-state index contributed by atoms with van der Waals surface area (Å²) in [7, 11) is 0. The quantitative estimate of drug-likeness (QED) is 0.819. The molecule has 2 nitrogen and oxygen atoms in total. The van der Waals surface area contributed by atoms with Gasteiger partial charge in [0, 0.05) is 19.2 Å². The highest BCUT2D eigenvalue weighted by molar-refractivity contribution is 5.68. The Bertz CT molecular complexity index is 424. The van der Waals surface area contributed by atoms with Crippen LogP contribution in [0.1, 0.15) is 26.7 Å². The van der Waals surface area contributed by atoms with Gasteiger partial charge in [-0.1, -0.05) is 13.8 Å². The van der Waals surface area contributed by atoms with Crippen molar-refractivity contribution >= 4 is 11.4 Å². The molecule has 0 bridgehead atoms. The van der Waals surface area contributed by atoms with Gasteiger partial charge in [0.25, 0.3) is 0 Å². The van der Waals surface area contributed by atoms with E-state index in [0.717, 1.165) is 32.0 Å². The van der Waals surface area contributed by atoms with E-state index in [2.05, 4.69) is 13.8 Å². The molecule has 2 N–H and O–H groups in total. The Kier molecular flexibility index (Phi) is 3.73. The lowest BCUT2D eigenvalue weighted by Crippen LogP contribution is -2.35. The maximum absolute atomic E-state index is 13.4. The molecule has 4 heteroatoms. The molecule has 1 aromatic carbocycles. The minimum atomic E-state index is -0.670. The van der Waals surface area contributed by atoms with Gasteiger partial charge in [-0.05, 0) is 30.7 Å². The Morgan fingerprint density at radius 3 is 2.39 bits per heavy atom. The van der Waals surface area contributed by atoms with E-state index in [0.29, 0.717) is 17.5 Å². The number of nitrogen functional groups attached to an aromatic ring is 1. The van der Waals surface area contributed by atoms with E-state index in [4.69, 9.17) is 5.73 Å². The number of anilines is 2. The second-order valence-corrected chi connectivity index (χ2v) is 5.39. The average Bonchev–Trinajstić information content (AvgIpc) is 2.34. The molecule has 0 aliphatic carbocycles. The van der Waals surface area contributed by atoms with Crippen molar-refractivity contribution in [1.29, 1.82) is 0 Å². The minimum absolute atomic E-state index is 0.0550. The zero-order valence-corrected chi connectivity index (χ0v) is 10.9. The Balaban J connectivity index is 2.15. The van der Waals surface area contributed by atoms with Gasteiger partial charge in [0.1, 0.15) is 5.82 Å². The van der Waals surface area contributed by atoms with Gasteiger partial charge in [-0.15, -0.1) is 0 Å². The molecule has 1 fully saturated rings. The summed E-state index contributed by atoms with van der Waals surface area (Å²) in [5.41, 5.74) is 6.24. The van der Waals surface area contributed by atoms with Crippen molar-refractivity contribution in [1.82, 2.24) is 0 Å². The van der Waals surface area contributed by atoms with Crippen LogP contribution in [0.3, 0.4) is 0 Å². The molecule has 0 amide bonds. The van der Waals surface area contributed by atoms with Crippen molar-refractivity contribution in [3.05, 3.63) is 23.8 Å². The monoisotopic (exact) mass is 254 g/mol. The maximum atomic E-state index is 13.4. The molecule has 0 radical (unpaired) electrons. The van der Waals surface area contributed by atoms with Crippen LogP contribution in [-0.2, 0) is 0 Å². The maximum Gasteiger partial charge on any atom is 0.151 e. The molecule has 1 aliphatic rings. The Morgan fingerprint density at radius 1 is 1.22 bits per heavy atom. The van der Waals surface area contributed by atoms with Gasteiger partial charge in [0.05, 0.1) is 11.4 Å². The number of nitrogens with zero attached hydrogens (tertiary/aromatic N) is 1. The summed E-state index contributed by atoms with van der Waals surface area (Å²) in [6.45, 7) is 6.07. The summed E-state index contributed by atoms with van der Waals surface area (Å²) < 4.78 is 26.7. The Labute approximate surface area is 107 Å². The highest BCUT2D eigenvalue weighted by Gasteiger charge is 2.23. The van der Waals surface area contributed by atoms with Crippen LogP contribution in [0.2, 0.25) is 0 Å². The molecule has 0 unspecified atom stereocenters. The van der Waals surface area contributed by atoms with Crippen LogP contribution in [0.25, 0.3) is 0 Å². The number of hydrogen-bond donors (Lipinski definition) is 1. The van der Waals surface area contributed by atoms with Gasteiger partial charge in [-0.2, -0.15) is 0 Å². The van der Waals surface area contributed by atoms with Crippen LogP contribution in [0.4, 0.5) is 20.2 Å². The van der Waals surface area contributed by atoms with Crippen molar-refractivity contribution in [2.45, 2.75) is 26.7 Å². The molecule has 18 heavy (non-hydrogen) atoms. The molecule has 1 heterocycles. The smallest absolute Gasteiger partial charge is 0.151 e. The van der Waals surface area contributed by atoms with E-state index < -0.39 is 11.6 Å².